The van der Waals surface area contributed by atoms with Crippen LogP contribution in [0.1, 0.15) is 31.9 Å². The van der Waals surface area contributed by atoms with Crippen LogP contribution in [0.4, 0.5) is 5.82 Å². The number of aromatic nitrogens is 2. The predicted octanol–water partition coefficient (Wildman–Crippen LogP) is 1.94. The van der Waals surface area contributed by atoms with Crippen LogP contribution in [0, 0.1) is 0 Å². The van der Waals surface area contributed by atoms with Crippen molar-refractivity contribution < 1.29 is 4.42 Å². The molecule has 0 saturated carbocycles. The van der Waals surface area contributed by atoms with Crippen molar-refractivity contribution in [3.05, 3.63) is 46.9 Å². The van der Waals surface area contributed by atoms with Crippen LogP contribution < -0.4 is 15.8 Å². The van der Waals surface area contributed by atoms with Gasteiger partial charge in [-0.15, -0.1) is 0 Å². The first-order chi connectivity index (χ1) is 11.2. The lowest BCUT2D eigenvalue weighted by molar-refractivity contribution is 0.366. The lowest BCUT2D eigenvalue weighted by atomic mass is 10.0. The van der Waals surface area contributed by atoms with Crippen molar-refractivity contribution in [3.63, 3.8) is 0 Å². The Bertz CT molecular complexity index is 653. The Balaban J connectivity index is 1.52. The first kappa shape index (κ1) is 15.8. The zero-order valence-corrected chi connectivity index (χ0v) is 13.5. The third kappa shape index (κ3) is 4.22. The van der Waals surface area contributed by atoms with E-state index in [0.29, 0.717) is 17.9 Å². The maximum Gasteiger partial charge on any atom is 0.290 e. The second kappa shape index (κ2) is 7.46. The van der Waals surface area contributed by atoms with Crippen LogP contribution in [0.2, 0.25) is 0 Å². The van der Waals surface area contributed by atoms with Crippen LogP contribution in [-0.2, 0) is 6.42 Å². The molecule has 1 saturated heterocycles. The minimum Gasteiger partial charge on any atom is -0.469 e. The summed E-state index contributed by atoms with van der Waals surface area (Å²) < 4.78 is 5.38. The number of H-pyrrole nitrogens is 1. The van der Waals surface area contributed by atoms with Gasteiger partial charge in [0.15, 0.2) is 5.82 Å². The molecule has 0 aromatic carbocycles. The summed E-state index contributed by atoms with van der Waals surface area (Å²) >= 11 is 0. The van der Waals surface area contributed by atoms with E-state index >= 15 is 0 Å². The highest BCUT2D eigenvalue weighted by Crippen LogP contribution is 2.15. The number of hydrogen-bond acceptors (Lipinski definition) is 5. The quantitative estimate of drug-likeness (QED) is 0.852. The van der Waals surface area contributed by atoms with E-state index in [-0.39, 0.29) is 5.56 Å². The molecular formula is C17H24N4O2. The van der Waals surface area contributed by atoms with E-state index in [1.807, 2.05) is 12.1 Å². The third-order valence-corrected chi connectivity index (χ3v) is 4.33. The summed E-state index contributed by atoms with van der Waals surface area (Å²) in [6, 6.07) is 4.74. The number of anilines is 1. The fraction of sp³-hybridized carbons (Fsp3) is 0.529. The Labute approximate surface area is 135 Å². The predicted molar refractivity (Wildman–Crippen MR) is 89.7 cm³/mol. The van der Waals surface area contributed by atoms with Crippen molar-refractivity contribution in [2.75, 3.05) is 18.0 Å². The van der Waals surface area contributed by atoms with E-state index in [4.69, 9.17) is 4.42 Å². The summed E-state index contributed by atoms with van der Waals surface area (Å²) in [7, 11) is 0. The van der Waals surface area contributed by atoms with Crippen molar-refractivity contribution in [2.24, 2.45) is 0 Å². The van der Waals surface area contributed by atoms with Crippen LogP contribution in [0.15, 0.2) is 40.0 Å². The first-order valence-corrected chi connectivity index (χ1v) is 8.29. The molecule has 0 amide bonds. The molecule has 23 heavy (non-hydrogen) atoms. The van der Waals surface area contributed by atoms with E-state index in [2.05, 4.69) is 27.1 Å². The standard InChI is InChI=1S/C17H24N4O2/c1-13(6-7-15-5-3-11-23-15)20-14-4-2-10-21(12-14)16-17(22)19-9-8-18-16/h3,5,8-9,11,13-14,20H,2,4,6-7,10,12H2,1H3,(H,19,22)/t13-,14+/m0/s1. The smallest absolute Gasteiger partial charge is 0.290 e. The maximum absolute atomic E-state index is 11.9. The molecule has 3 rings (SSSR count). The van der Waals surface area contributed by atoms with Gasteiger partial charge < -0.3 is 19.6 Å². The Morgan fingerprint density at radius 1 is 1.57 bits per heavy atom. The van der Waals surface area contributed by atoms with Gasteiger partial charge in [-0.05, 0) is 38.3 Å². The molecule has 1 aliphatic rings. The number of nitrogens with zero attached hydrogens (tertiary/aromatic N) is 2. The van der Waals surface area contributed by atoms with Crippen molar-refractivity contribution in [1.29, 1.82) is 0 Å². The highest BCUT2D eigenvalue weighted by Gasteiger charge is 2.23. The minimum absolute atomic E-state index is 0.112. The average molecular weight is 316 g/mol. The average Bonchev–Trinajstić information content (AvgIpc) is 3.07. The molecule has 1 fully saturated rings. The van der Waals surface area contributed by atoms with E-state index in [1.165, 1.54) is 0 Å². The first-order valence-electron chi connectivity index (χ1n) is 8.29. The van der Waals surface area contributed by atoms with Gasteiger partial charge in [0.1, 0.15) is 5.76 Å². The van der Waals surface area contributed by atoms with Gasteiger partial charge in [0.2, 0.25) is 0 Å². The number of furan rings is 1. The SMILES string of the molecule is C[C@@H](CCc1ccco1)N[C@@H]1CCCN(c2ncc[nH]c2=O)C1. The second-order valence-corrected chi connectivity index (χ2v) is 6.21. The maximum atomic E-state index is 11.9. The van der Waals surface area contributed by atoms with Crippen molar-refractivity contribution >= 4 is 5.82 Å². The summed E-state index contributed by atoms with van der Waals surface area (Å²) in [5.74, 6) is 1.56. The summed E-state index contributed by atoms with van der Waals surface area (Å²) in [6.45, 7) is 3.92. The molecule has 2 aromatic heterocycles. The van der Waals surface area contributed by atoms with Gasteiger partial charge >= 0.3 is 0 Å². The van der Waals surface area contributed by atoms with E-state index in [1.54, 1.807) is 18.7 Å². The van der Waals surface area contributed by atoms with Gasteiger partial charge in [-0.3, -0.25) is 4.79 Å². The number of aryl methyl sites for hydroxylation is 1. The highest BCUT2D eigenvalue weighted by atomic mass is 16.3. The van der Waals surface area contributed by atoms with Crippen LogP contribution in [0.25, 0.3) is 0 Å². The molecule has 6 nitrogen and oxygen atoms in total. The van der Waals surface area contributed by atoms with Gasteiger partial charge in [-0.1, -0.05) is 0 Å². The Morgan fingerprint density at radius 2 is 2.48 bits per heavy atom. The summed E-state index contributed by atoms with van der Waals surface area (Å²) in [4.78, 5) is 20.9. The number of aromatic amines is 1. The number of hydrogen-bond donors (Lipinski definition) is 2. The zero-order chi connectivity index (χ0) is 16.1. The van der Waals surface area contributed by atoms with E-state index < -0.39 is 0 Å². The second-order valence-electron chi connectivity index (χ2n) is 6.21. The van der Waals surface area contributed by atoms with Crippen LogP contribution in [0.5, 0.6) is 0 Å². The van der Waals surface area contributed by atoms with Crippen LogP contribution >= 0.6 is 0 Å². The fourth-order valence-electron chi connectivity index (χ4n) is 3.17. The molecule has 2 atom stereocenters. The fourth-order valence-corrected chi connectivity index (χ4v) is 3.17. The molecule has 2 aromatic rings. The van der Waals surface area contributed by atoms with Crippen molar-refractivity contribution in [3.8, 4) is 0 Å². The number of nitrogens with one attached hydrogen (secondary N) is 2. The van der Waals surface area contributed by atoms with Gasteiger partial charge in [-0.2, -0.15) is 0 Å². The van der Waals surface area contributed by atoms with Crippen molar-refractivity contribution in [2.45, 2.75) is 44.7 Å². The van der Waals surface area contributed by atoms with Crippen molar-refractivity contribution in [1.82, 2.24) is 15.3 Å². The molecular weight excluding hydrogens is 292 g/mol. The molecule has 0 aliphatic carbocycles. The van der Waals surface area contributed by atoms with Gasteiger partial charge in [0.25, 0.3) is 5.56 Å². The lowest BCUT2D eigenvalue weighted by Crippen LogP contribution is -2.50. The highest BCUT2D eigenvalue weighted by molar-refractivity contribution is 5.36. The topological polar surface area (TPSA) is 74.2 Å². The normalized spacial score (nSPS) is 19.7. The third-order valence-electron chi connectivity index (χ3n) is 4.33. The van der Waals surface area contributed by atoms with Gasteiger partial charge in [0, 0.05) is 44.0 Å². The molecule has 0 bridgehead atoms. The van der Waals surface area contributed by atoms with Gasteiger partial charge in [0.05, 0.1) is 6.26 Å². The Morgan fingerprint density at radius 3 is 3.26 bits per heavy atom. The minimum atomic E-state index is -0.112. The molecule has 6 heteroatoms. The monoisotopic (exact) mass is 316 g/mol. The molecule has 0 unspecified atom stereocenters. The number of rotatable bonds is 6. The largest absolute Gasteiger partial charge is 0.469 e. The van der Waals surface area contributed by atoms with Crippen LogP contribution in [0.3, 0.4) is 0 Å². The lowest BCUT2D eigenvalue weighted by Gasteiger charge is -2.35. The molecule has 3 heterocycles. The van der Waals surface area contributed by atoms with E-state index in [9.17, 15) is 4.79 Å². The van der Waals surface area contributed by atoms with Gasteiger partial charge in [-0.25, -0.2) is 4.98 Å². The molecule has 0 spiro atoms. The Kier molecular flexibility index (Phi) is 5.12. The summed E-state index contributed by atoms with van der Waals surface area (Å²) in [6.07, 6.45) is 9.11. The molecule has 0 radical (unpaired) electrons. The van der Waals surface area contributed by atoms with E-state index in [0.717, 1.165) is 44.5 Å². The molecule has 2 N–H and O–H groups in total. The Hall–Kier alpha value is -2.08. The van der Waals surface area contributed by atoms with Crippen LogP contribution in [-0.4, -0.2) is 35.1 Å². The zero-order valence-electron chi connectivity index (χ0n) is 13.5. The summed E-state index contributed by atoms with van der Waals surface area (Å²) in [5.41, 5.74) is -0.112. The molecule has 1 aliphatic heterocycles. The summed E-state index contributed by atoms with van der Waals surface area (Å²) in [5, 5.41) is 3.68. The number of piperidine rings is 1. The molecule has 124 valence electrons.